The summed E-state index contributed by atoms with van der Waals surface area (Å²) in [7, 11) is 0. The second-order valence-electron chi connectivity index (χ2n) is 4.94. The minimum Gasteiger partial charge on any atom is -0.396 e. The molecule has 104 valence electrons. The van der Waals surface area contributed by atoms with E-state index in [0.29, 0.717) is 12.1 Å². The molecule has 1 amide bonds. The highest BCUT2D eigenvalue weighted by Gasteiger charge is 2.12. The molecule has 4 nitrogen and oxygen atoms in total. The summed E-state index contributed by atoms with van der Waals surface area (Å²) >= 11 is 0. The van der Waals surface area contributed by atoms with Gasteiger partial charge < -0.3 is 16.0 Å². The lowest BCUT2D eigenvalue weighted by molar-refractivity contribution is -0.116. The molecule has 1 aliphatic heterocycles. The van der Waals surface area contributed by atoms with Crippen molar-refractivity contribution < 1.29 is 9.18 Å². The Labute approximate surface area is 112 Å². The summed E-state index contributed by atoms with van der Waals surface area (Å²) in [5.41, 5.74) is 6.05. The maximum atomic E-state index is 13.0. The molecule has 19 heavy (non-hydrogen) atoms. The van der Waals surface area contributed by atoms with Crippen LogP contribution in [0, 0.1) is 5.82 Å². The number of anilines is 2. The molecule has 0 saturated carbocycles. The predicted molar refractivity (Wildman–Crippen MR) is 74.4 cm³/mol. The van der Waals surface area contributed by atoms with Gasteiger partial charge in [0.1, 0.15) is 5.82 Å². The Morgan fingerprint density at radius 3 is 2.74 bits per heavy atom. The number of benzene rings is 1. The molecule has 0 aliphatic carbocycles. The van der Waals surface area contributed by atoms with Crippen LogP contribution in [0.2, 0.25) is 0 Å². The molecule has 1 aromatic carbocycles. The highest BCUT2D eigenvalue weighted by Crippen LogP contribution is 2.16. The largest absolute Gasteiger partial charge is 0.396 e. The second kappa shape index (κ2) is 6.52. The van der Waals surface area contributed by atoms with Gasteiger partial charge >= 0.3 is 0 Å². The summed E-state index contributed by atoms with van der Waals surface area (Å²) in [6.45, 7) is 2.94. The fourth-order valence-corrected chi connectivity index (χ4v) is 2.29. The van der Waals surface area contributed by atoms with Crippen molar-refractivity contribution >= 4 is 17.3 Å². The third-order valence-corrected chi connectivity index (χ3v) is 3.38. The van der Waals surface area contributed by atoms with Crippen LogP contribution in [-0.2, 0) is 4.79 Å². The third kappa shape index (κ3) is 4.21. The van der Waals surface area contributed by atoms with Gasteiger partial charge in [-0.25, -0.2) is 4.39 Å². The van der Waals surface area contributed by atoms with E-state index in [2.05, 4.69) is 10.2 Å². The minimum absolute atomic E-state index is 0.0498. The zero-order chi connectivity index (χ0) is 13.7. The van der Waals surface area contributed by atoms with E-state index in [-0.39, 0.29) is 11.6 Å². The van der Waals surface area contributed by atoms with Crippen LogP contribution in [0.3, 0.4) is 0 Å². The lowest BCUT2D eigenvalue weighted by atomic mass is 10.1. The van der Waals surface area contributed by atoms with Crippen LogP contribution in [0.15, 0.2) is 18.2 Å². The molecule has 1 aliphatic rings. The monoisotopic (exact) mass is 265 g/mol. The first-order valence-corrected chi connectivity index (χ1v) is 6.72. The summed E-state index contributed by atoms with van der Waals surface area (Å²) in [5.74, 6) is -0.525. The van der Waals surface area contributed by atoms with Crippen molar-refractivity contribution in [1.82, 2.24) is 4.90 Å². The van der Waals surface area contributed by atoms with E-state index >= 15 is 0 Å². The van der Waals surface area contributed by atoms with Crippen molar-refractivity contribution in [3.8, 4) is 0 Å². The Kier molecular flexibility index (Phi) is 4.74. The molecule has 0 unspecified atom stereocenters. The van der Waals surface area contributed by atoms with Crippen LogP contribution in [-0.4, -0.2) is 30.4 Å². The summed E-state index contributed by atoms with van der Waals surface area (Å²) in [6.07, 6.45) is 4.18. The van der Waals surface area contributed by atoms with Gasteiger partial charge in [0.2, 0.25) is 5.91 Å². The van der Waals surface area contributed by atoms with Crippen LogP contribution < -0.4 is 11.1 Å². The van der Waals surface area contributed by atoms with E-state index in [4.69, 9.17) is 5.73 Å². The number of carbonyl (C=O) groups excluding carboxylic acids is 1. The quantitative estimate of drug-likeness (QED) is 0.821. The molecule has 0 spiro atoms. The van der Waals surface area contributed by atoms with Crippen LogP contribution in [0.5, 0.6) is 0 Å². The third-order valence-electron chi connectivity index (χ3n) is 3.38. The van der Waals surface area contributed by atoms with E-state index < -0.39 is 5.82 Å². The minimum atomic E-state index is -0.466. The second-order valence-corrected chi connectivity index (χ2v) is 4.94. The number of nitrogen functional groups attached to an aromatic ring is 1. The fraction of sp³-hybridized carbons (Fsp3) is 0.500. The number of hydrogen-bond acceptors (Lipinski definition) is 3. The van der Waals surface area contributed by atoms with Crippen LogP contribution in [0.25, 0.3) is 0 Å². The molecule has 0 aromatic heterocycles. The molecule has 0 atom stereocenters. The summed E-state index contributed by atoms with van der Waals surface area (Å²) in [5, 5.41) is 2.74. The van der Waals surface area contributed by atoms with E-state index in [9.17, 15) is 9.18 Å². The number of nitrogens with zero attached hydrogens (tertiary/aromatic N) is 1. The zero-order valence-electron chi connectivity index (χ0n) is 11.0. The van der Waals surface area contributed by atoms with Crippen molar-refractivity contribution in [3.63, 3.8) is 0 Å². The number of likely N-dealkylation sites (tertiary alicyclic amines) is 1. The molecular weight excluding hydrogens is 245 g/mol. The lowest BCUT2D eigenvalue weighted by Crippen LogP contribution is -2.32. The molecule has 1 fully saturated rings. The molecule has 0 radical (unpaired) electrons. The van der Waals surface area contributed by atoms with Crippen molar-refractivity contribution in [2.75, 3.05) is 30.7 Å². The van der Waals surface area contributed by atoms with Crippen LogP contribution in [0.4, 0.5) is 15.8 Å². The molecule has 1 aromatic rings. The number of amides is 1. The van der Waals surface area contributed by atoms with E-state index in [0.717, 1.165) is 19.6 Å². The van der Waals surface area contributed by atoms with Crippen molar-refractivity contribution in [1.29, 1.82) is 0 Å². The predicted octanol–water partition coefficient (Wildman–Crippen LogP) is 2.22. The van der Waals surface area contributed by atoms with Crippen LogP contribution >= 0.6 is 0 Å². The normalized spacial score (nSPS) is 16.3. The maximum absolute atomic E-state index is 13.0. The number of carbonyl (C=O) groups is 1. The Bertz CT molecular complexity index is 444. The number of halogens is 1. The molecular formula is C14H20FN3O. The first-order valence-electron chi connectivity index (χ1n) is 6.72. The van der Waals surface area contributed by atoms with Gasteiger partial charge in [-0.2, -0.15) is 0 Å². The number of hydrogen-bond donors (Lipinski definition) is 2. The van der Waals surface area contributed by atoms with Crippen LogP contribution in [0.1, 0.15) is 25.7 Å². The van der Waals surface area contributed by atoms with Crippen molar-refractivity contribution in [2.45, 2.75) is 25.7 Å². The Morgan fingerprint density at radius 2 is 2.05 bits per heavy atom. The van der Waals surface area contributed by atoms with Crippen molar-refractivity contribution in [2.24, 2.45) is 0 Å². The van der Waals surface area contributed by atoms with Crippen molar-refractivity contribution in [3.05, 3.63) is 24.0 Å². The van der Waals surface area contributed by atoms with E-state index in [1.54, 1.807) is 0 Å². The Hall–Kier alpha value is -1.62. The maximum Gasteiger partial charge on any atom is 0.225 e. The highest BCUT2D eigenvalue weighted by atomic mass is 19.1. The smallest absolute Gasteiger partial charge is 0.225 e. The average molecular weight is 265 g/mol. The van der Waals surface area contributed by atoms with Gasteiger partial charge in [0.15, 0.2) is 0 Å². The lowest BCUT2D eigenvalue weighted by Gasteiger charge is -2.25. The average Bonchev–Trinajstić information content (AvgIpc) is 2.42. The molecule has 1 saturated heterocycles. The van der Waals surface area contributed by atoms with Gasteiger partial charge in [-0.1, -0.05) is 6.42 Å². The van der Waals surface area contributed by atoms with Gasteiger partial charge in [-0.05, 0) is 44.1 Å². The number of nitrogens with one attached hydrogen (secondary N) is 1. The number of rotatable bonds is 4. The van der Waals surface area contributed by atoms with Gasteiger partial charge in [0, 0.05) is 18.7 Å². The van der Waals surface area contributed by atoms with E-state index in [1.165, 1.54) is 37.5 Å². The van der Waals surface area contributed by atoms with Gasteiger partial charge in [-0.15, -0.1) is 0 Å². The standard InChI is InChI=1S/C14H20FN3O/c15-12-5-4-11(10-13(12)16)17-14(19)6-9-18-7-2-1-3-8-18/h4-5,10H,1-3,6-9,16H2,(H,17,19). The topological polar surface area (TPSA) is 58.4 Å². The molecule has 2 rings (SSSR count). The highest BCUT2D eigenvalue weighted by molar-refractivity contribution is 5.91. The fourth-order valence-electron chi connectivity index (χ4n) is 2.29. The van der Waals surface area contributed by atoms with Gasteiger partial charge in [0.25, 0.3) is 0 Å². The zero-order valence-corrected chi connectivity index (χ0v) is 11.0. The first-order chi connectivity index (χ1) is 9.15. The summed E-state index contributed by atoms with van der Waals surface area (Å²) in [6, 6.07) is 4.22. The Balaban J connectivity index is 1.78. The summed E-state index contributed by atoms with van der Waals surface area (Å²) in [4.78, 5) is 14.1. The SMILES string of the molecule is Nc1cc(NC(=O)CCN2CCCCC2)ccc1F. The number of nitrogens with two attached hydrogens (primary N) is 1. The Morgan fingerprint density at radius 1 is 1.32 bits per heavy atom. The molecule has 1 heterocycles. The molecule has 0 bridgehead atoms. The summed E-state index contributed by atoms with van der Waals surface area (Å²) < 4.78 is 13.0. The molecule has 5 heteroatoms. The molecule has 3 N–H and O–H groups in total. The number of piperidine rings is 1. The first kappa shape index (κ1) is 13.8. The van der Waals surface area contributed by atoms with E-state index in [1.807, 2.05) is 0 Å². The van der Waals surface area contributed by atoms with Gasteiger partial charge in [0.05, 0.1) is 5.69 Å². The van der Waals surface area contributed by atoms with Gasteiger partial charge in [-0.3, -0.25) is 4.79 Å².